The van der Waals surface area contributed by atoms with Crippen LogP contribution in [0.5, 0.6) is 5.75 Å². The van der Waals surface area contributed by atoms with Crippen LogP contribution in [0, 0.1) is 11.3 Å². The molecule has 0 aliphatic heterocycles. The zero-order valence-electron chi connectivity index (χ0n) is 12.9. The van der Waals surface area contributed by atoms with Crippen molar-refractivity contribution in [2.75, 3.05) is 0 Å². The van der Waals surface area contributed by atoms with Crippen LogP contribution in [0.4, 0.5) is 0 Å². The first kappa shape index (κ1) is 16.8. The summed E-state index contributed by atoms with van der Waals surface area (Å²) in [6.45, 7) is 3.76. The molecule has 5 heteroatoms. The summed E-state index contributed by atoms with van der Waals surface area (Å²) in [6.07, 6.45) is 1.29. The molecular formula is C18H17NO3S. The maximum absolute atomic E-state index is 12.6. The Morgan fingerprint density at radius 2 is 1.70 bits per heavy atom. The van der Waals surface area contributed by atoms with E-state index in [-0.39, 0.29) is 15.9 Å². The van der Waals surface area contributed by atoms with Crippen LogP contribution in [0.2, 0.25) is 0 Å². The molecule has 0 heterocycles. The van der Waals surface area contributed by atoms with E-state index in [1.54, 1.807) is 48.5 Å². The minimum absolute atomic E-state index is 0.0548. The van der Waals surface area contributed by atoms with Crippen molar-refractivity contribution in [3.05, 3.63) is 65.1 Å². The SMILES string of the molecule is CC(C)Oc1ccccc1/C=C(/C#N)S(=O)(=O)c1ccccc1. The Morgan fingerprint density at radius 3 is 2.30 bits per heavy atom. The van der Waals surface area contributed by atoms with Gasteiger partial charge in [0.2, 0.25) is 9.84 Å². The smallest absolute Gasteiger partial charge is 0.216 e. The Balaban J connectivity index is 2.51. The van der Waals surface area contributed by atoms with Gasteiger partial charge in [0, 0.05) is 5.56 Å². The maximum atomic E-state index is 12.6. The Morgan fingerprint density at radius 1 is 1.09 bits per heavy atom. The summed E-state index contributed by atoms with van der Waals surface area (Å²) in [5.41, 5.74) is 0.553. The third-order valence-electron chi connectivity index (χ3n) is 3.02. The maximum Gasteiger partial charge on any atom is 0.216 e. The molecule has 0 unspecified atom stereocenters. The van der Waals surface area contributed by atoms with Crippen molar-refractivity contribution in [2.24, 2.45) is 0 Å². The fourth-order valence-corrected chi connectivity index (χ4v) is 3.17. The van der Waals surface area contributed by atoms with Gasteiger partial charge in [-0.1, -0.05) is 36.4 Å². The van der Waals surface area contributed by atoms with Crippen LogP contribution >= 0.6 is 0 Å². The standard InChI is InChI=1S/C18H17NO3S/c1-14(2)22-18-11-7-6-8-15(18)12-17(13-19)23(20,21)16-9-4-3-5-10-16/h3-12,14H,1-2H3/b17-12-. The van der Waals surface area contributed by atoms with E-state index in [2.05, 4.69) is 0 Å². The van der Waals surface area contributed by atoms with Crippen molar-refractivity contribution in [1.82, 2.24) is 0 Å². The number of sulfone groups is 1. The summed E-state index contributed by atoms with van der Waals surface area (Å²) in [7, 11) is -3.85. The van der Waals surface area contributed by atoms with Gasteiger partial charge >= 0.3 is 0 Å². The van der Waals surface area contributed by atoms with Crippen LogP contribution in [0.25, 0.3) is 6.08 Å². The van der Waals surface area contributed by atoms with Gasteiger partial charge < -0.3 is 4.74 Å². The molecule has 118 valence electrons. The zero-order valence-corrected chi connectivity index (χ0v) is 13.7. The molecule has 2 rings (SSSR count). The second-order valence-corrected chi connectivity index (χ2v) is 7.06. The molecule has 0 aliphatic carbocycles. The lowest BCUT2D eigenvalue weighted by Gasteiger charge is -2.12. The second-order valence-electron chi connectivity index (χ2n) is 5.14. The van der Waals surface area contributed by atoms with Crippen molar-refractivity contribution in [3.63, 3.8) is 0 Å². The summed E-state index contributed by atoms with van der Waals surface area (Å²) in [6, 6.07) is 16.7. The van der Waals surface area contributed by atoms with Gasteiger partial charge in [0.05, 0.1) is 11.0 Å². The number of allylic oxidation sites excluding steroid dienone is 1. The lowest BCUT2D eigenvalue weighted by Crippen LogP contribution is -2.07. The Labute approximate surface area is 136 Å². The third kappa shape index (κ3) is 3.99. The molecule has 0 atom stereocenters. The Bertz CT molecular complexity index is 847. The first-order chi connectivity index (χ1) is 10.9. The van der Waals surface area contributed by atoms with Gasteiger partial charge in [0.1, 0.15) is 16.7 Å². The summed E-state index contributed by atoms with van der Waals surface area (Å²) in [4.78, 5) is -0.224. The lowest BCUT2D eigenvalue weighted by atomic mass is 10.2. The molecule has 4 nitrogen and oxygen atoms in total. The molecule has 0 N–H and O–H groups in total. The summed E-state index contributed by atoms with van der Waals surface area (Å²) in [5, 5.41) is 9.32. The van der Waals surface area contributed by atoms with Gasteiger partial charge in [-0.2, -0.15) is 5.26 Å². The van der Waals surface area contributed by atoms with E-state index in [9.17, 15) is 13.7 Å². The number of hydrogen-bond donors (Lipinski definition) is 0. The Hall–Kier alpha value is -2.58. The van der Waals surface area contributed by atoms with Crippen LogP contribution in [-0.2, 0) is 9.84 Å². The molecule has 0 bridgehead atoms. The molecule has 0 saturated heterocycles. The van der Waals surface area contributed by atoms with Crippen LogP contribution in [0.15, 0.2) is 64.4 Å². The summed E-state index contributed by atoms with van der Waals surface area (Å²) < 4.78 is 30.8. The minimum atomic E-state index is -3.85. The average Bonchev–Trinajstić information content (AvgIpc) is 2.54. The van der Waals surface area contributed by atoms with Gasteiger partial charge in [-0.3, -0.25) is 0 Å². The van der Waals surface area contributed by atoms with Crippen LogP contribution < -0.4 is 4.74 Å². The molecule has 0 fully saturated rings. The first-order valence-corrected chi connectivity index (χ1v) is 8.61. The van der Waals surface area contributed by atoms with Crippen molar-refractivity contribution in [1.29, 1.82) is 5.26 Å². The van der Waals surface area contributed by atoms with Crippen LogP contribution in [0.1, 0.15) is 19.4 Å². The Kier molecular flexibility index (Phi) is 5.20. The van der Waals surface area contributed by atoms with Crippen LogP contribution in [-0.4, -0.2) is 14.5 Å². The van der Waals surface area contributed by atoms with Gasteiger partial charge in [0.25, 0.3) is 0 Å². The van der Waals surface area contributed by atoms with Crippen LogP contribution in [0.3, 0.4) is 0 Å². The van der Waals surface area contributed by atoms with Crippen molar-refractivity contribution >= 4 is 15.9 Å². The highest BCUT2D eigenvalue weighted by molar-refractivity contribution is 7.95. The molecule has 0 amide bonds. The number of rotatable bonds is 5. The number of ether oxygens (including phenoxy) is 1. The van der Waals surface area contributed by atoms with Crippen molar-refractivity contribution < 1.29 is 13.2 Å². The molecule has 0 saturated carbocycles. The van der Waals surface area contributed by atoms with Gasteiger partial charge in [-0.05, 0) is 38.1 Å². The lowest BCUT2D eigenvalue weighted by molar-refractivity contribution is 0.242. The van der Waals surface area contributed by atoms with Crippen molar-refractivity contribution in [3.8, 4) is 11.8 Å². The van der Waals surface area contributed by atoms with Gasteiger partial charge in [-0.15, -0.1) is 0 Å². The number of nitrogens with zero attached hydrogens (tertiary/aromatic N) is 1. The van der Waals surface area contributed by atoms with Gasteiger partial charge in [-0.25, -0.2) is 8.42 Å². The number of hydrogen-bond acceptors (Lipinski definition) is 4. The second kappa shape index (κ2) is 7.12. The zero-order chi connectivity index (χ0) is 16.9. The van der Waals surface area contributed by atoms with E-state index < -0.39 is 9.84 Å². The highest BCUT2D eigenvalue weighted by Crippen LogP contribution is 2.26. The molecule has 23 heavy (non-hydrogen) atoms. The molecule has 2 aromatic rings. The highest BCUT2D eigenvalue weighted by atomic mass is 32.2. The molecular weight excluding hydrogens is 310 g/mol. The average molecular weight is 327 g/mol. The predicted octanol–water partition coefficient (Wildman–Crippen LogP) is 3.81. The first-order valence-electron chi connectivity index (χ1n) is 7.13. The molecule has 2 aromatic carbocycles. The number of nitriles is 1. The largest absolute Gasteiger partial charge is 0.490 e. The van der Waals surface area contributed by atoms with Gasteiger partial charge in [0.15, 0.2) is 0 Å². The summed E-state index contributed by atoms with van der Waals surface area (Å²) in [5.74, 6) is 0.540. The monoisotopic (exact) mass is 327 g/mol. The van der Waals surface area contributed by atoms with Crippen molar-refractivity contribution in [2.45, 2.75) is 24.8 Å². The van der Waals surface area contributed by atoms with E-state index in [4.69, 9.17) is 4.74 Å². The molecule has 0 radical (unpaired) electrons. The minimum Gasteiger partial charge on any atom is -0.490 e. The third-order valence-corrected chi connectivity index (χ3v) is 4.70. The normalized spacial score (nSPS) is 12.0. The molecule has 0 spiro atoms. The summed E-state index contributed by atoms with van der Waals surface area (Å²) >= 11 is 0. The van der Waals surface area contributed by atoms with E-state index in [1.165, 1.54) is 18.2 Å². The molecule has 0 aliphatic rings. The van der Waals surface area contributed by atoms with E-state index in [0.29, 0.717) is 11.3 Å². The van der Waals surface area contributed by atoms with E-state index in [0.717, 1.165) is 0 Å². The quantitative estimate of drug-likeness (QED) is 0.783. The number of para-hydroxylation sites is 1. The number of benzene rings is 2. The fraction of sp³-hybridized carbons (Fsp3) is 0.167. The van der Waals surface area contributed by atoms with E-state index >= 15 is 0 Å². The highest BCUT2D eigenvalue weighted by Gasteiger charge is 2.21. The predicted molar refractivity (Wildman–Crippen MR) is 89.4 cm³/mol. The van der Waals surface area contributed by atoms with E-state index in [1.807, 2.05) is 13.8 Å². The fourth-order valence-electron chi connectivity index (χ4n) is 2.00. The molecule has 0 aromatic heterocycles. The topological polar surface area (TPSA) is 67.2 Å².